The molecule has 0 bridgehead atoms. The Hall–Kier alpha value is -1.41. The van der Waals surface area contributed by atoms with Gasteiger partial charge in [-0.25, -0.2) is 8.78 Å². The molecule has 0 aromatic heterocycles. The summed E-state index contributed by atoms with van der Waals surface area (Å²) in [6.07, 6.45) is 0. The number of rotatable bonds is 2. The molecule has 0 aliphatic rings. The number of halogens is 3. The van der Waals surface area contributed by atoms with Crippen molar-refractivity contribution >= 4 is 11.6 Å². The van der Waals surface area contributed by atoms with Gasteiger partial charge in [-0.1, -0.05) is 24.3 Å². The molecule has 0 radical (unpaired) electrons. The van der Waals surface area contributed by atoms with Crippen molar-refractivity contribution in [2.45, 2.75) is 5.88 Å². The predicted molar refractivity (Wildman–Crippen MR) is 61.4 cm³/mol. The van der Waals surface area contributed by atoms with Crippen LogP contribution in [0.1, 0.15) is 5.56 Å². The minimum Gasteiger partial charge on any atom is -0.207 e. The van der Waals surface area contributed by atoms with Crippen LogP contribution in [0, 0.1) is 11.6 Å². The van der Waals surface area contributed by atoms with Crippen molar-refractivity contribution in [3.8, 4) is 11.1 Å². The van der Waals surface area contributed by atoms with Crippen LogP contribution in [0.5, 0.6) is 0 Å². The Labute approximate surface area is 97.5 Å². The Kier molecular flexibility index (Phi) is 3.20. The lowest BCUT2D eigenvalue weighted by Crippen LogP contribution is -1.87. The van der Waals surface area contributed by atoms with E-state index in [9.17, 15) is 8.78 Å². The summed E-state index contributed by atoms with van der Waals surface area (Å²) >= 11 is 5.56. The summed E-state index contributed by atoms with van der Waals surface area (Å²) in [6, 6.07) is 10.8. The maximum Gasteiger partial charge on any atom is 0.128 e. The molecule has 0 saturated heterocycles. The van der Waals surface area contributed by atoms with Crippen LogP contribution in [0.3, 0.4) is 0 Å². The summed E-state index contributed by atoms with van der Waals surface area (Å²) < 4.78 is 26.2. The second-order valence-electron chi connectivity index (χ2n) is 3.45. The van der Waals surface area contributed by atoms with Crippen molar-refractivity contribution in [2.24, 2.45) is 0 Å². The lowest BCUT2D eigenvalue weighted by atomic mass is 10.0. The molecular formula is C13H9ClF2. The molecule has 2 aromatic rings. The highest BCUT2D eigenvalue weighted by atomic mass is 35.5. The van der Waals surface area contributed by atoms with Gasteiger partial charge in [-0.05, 0) is 29.3 Å². The maximum absolute atomic E-state index is 13.5. The van der Waals surface area contributed by atoms with Crippen LogP contribution < -0.4 is 0 Å². The van der Waals surface area contributed by atoms with E-state index in [1.165, 1.54) is 18.2 Å². The second kappa shape index (κ2) is 4.62. The van der Waals surface area contributed by atoms with Gasteiger partial charge in [0.05, 0.1) is 5.88 Å². The van der Waals surface area contributed by atoms with E-state index in [1.54, 1.807) is 24.3 Å². The van der Waals surface area contributed by atoms with E-state index in [1.807, 2.05) is 0 Å². The zero-order valence-electron chi connectivity index (χ0n) is 8.38. The van der Waals surface area contributed by atoms with Crippen LogP contribution in [0.2, 0.25) is 0 Å². The van der Waals surface area contributed by atoms with Gasteiger partial charge >= 0.3 is 0 Å². The SMILES string of the molecule is Fc1ccc(-c2ccc(CCl)c(F)c2)cc1. The largest absolute Gasteiger partial charge is 0.207 e. The van der Waals surface area contributed by atoms with Crippen LogP contribution in [-0.4, -0.2) is 0 Å². The molecule has 0 unspecified atom stereocenters. The molecule has 2 aromatic carbocycles. The molecule has 0 saturated carbocycles. The van der Waals surface area contributed by atoms with Gasteiger partial charge in [0.15, 0.2) is 0 Å². The van der Waals surface area contributed by atoms with Gasteiger partial charge in [0.2, 0.25) is 0 Å². The fraction of sp³-hybridized carbons (Fsp3) is 0.0769. The minimum atomic E-state index is -0.336. The molecule has 0 heterocycles. The predicted octanol–water partition coefficient (Wildman–Crippen LogP) is 4.37. The van der Waals surface area contributed by atoms with Gasteiger partial charge in [-0.3, -0.25) is 0 Å². The van der Waals surface area contributed by atoms with Gasteiger partial charge in [0, 0.05) is 5.56 Å². The summed E-state index contributed by atoms with van der Waals surface area (Å²) in [6.45, 7) is 0. The lowest BCUT2D eigenvalue weighted by Gasteiger charge is -2.04. The number of hydrogen-bond acceptors (Lipinski definition) is 0. The molecule has 0 amide bonds. The first-order valence-electron chi connectivity index (χ1n) is 4.81. The molecule has 2 rings (SSSR count). The van der Waals surface area contributed by atoms with E-state index in [0.29, 0.717) is 11.1 Å². The fourth-order valence-electron chi connectivity index (χ4n) is 1.48. The average Bonchev–Trinajstić information content (AvgIpc) is 2.30. The van der Waals surface area contributed by atoms with Gasteiger partial charge in [0.1, 0.15) is 11.6 Å². The normalized spacial score (nSPS) is 10.4. The summed E-state index contributed by atoms with van der Waals surface area (Å²) in [4.78, 5) is 0. The molecule has 0 aliphatic carbocycles. The quantitative estimate of drug-likeness (QED) is 0.682. The zero-order valence-corrected chi connectivity index (χ0v) is 9.14. The molecule has 16 heavy (non-hydrogen) atoms. The number of hydrogen-bond donors (Lipinski definition) is 0. The zero-order chi connectivity index (χ0) is 11.5. The third-order valence-corrected chi connectivity index (χ3v) is 2.66. The number of alkyl halides is 1. The standard InChI is InChI=1S/C13H9ClF2/c14-8-11-2-1-10(7-13(11)16)9-3-5-12(15)6-4-9/h1-7H,8H2. The highest BCUT2D eigenvalue weighted by Crippen LogP contribution is 2.22. The van der Waals surface area contributed by atoms with E-state index in [0.717, 1.165) is 5.56 Å². The molecule has 0 spiro atoms. The monoisotopic (exact) mass is 238 g/mol. The Morgan fingerprint density at radius 2 is 1.50 bits per heavy atom. The van der Waals surface area contributed by atoms with Crippen LogP contribution in [0.25, 0.3) is 11.1 Å². The van der Waals surface area contributed by atoms with Gasteiger partial charge in [0.25, 0.3) is 0 Å². The number of benzene rings is 2. The molecule has 82 valence electrons. The van der Waals surface area contributed by atoms with E-state index in [4.69, 9.17) is 11.6 Å². The van der Waals surface area contributed by atoms with Crippen LogP contribution in [0.4, 0.5) is 8.78 Å². The molecule has 0 aliphatic heterocycles. The van der Waals surface area contributed by atoms with Gasteiger partial charge < -0.3 is 0 Å². The molecule has 0 nitrogen and oxygen atoms in total. The molecule has 0 atom stereocenters. The van der Waals surface area contributed by atoms with Crippen molar-refractivity contribution < 1.29 is 8.78 Å². The fourth-order valence-corrected chi connectivity index (χ4v) is 1.69. The Morgan fingerprint density at radius 1 is 0.875 bits per heavy atom. The average molecular weight is 239 g/mol. The maximum atomic E-state index is 13.5. The van der Waals surface area contributed by atoms with E-state index in [2.05, 4.69) is 0 Å². The first-order valence-corrected chi connectivity index (χ1v) is 5.34. The van der Waals surface area contributed by atoms with Crippen molar-refractivity contribution in [3.05, 3.63) is 59.7 Å². The lowest BCUT2D eigenvalue weighted by molar-refractivity contribution is 0.617. The summed E-state index contributed by atoms with van der Waals surface area (Å²) in [5, 5.41) is 0. The van der Waals surface area contributed by atoms with Gasteiger partial charge in [-0.2, -0.15) is 0 Å². The highest BCUT2D eigenvalue weighted by molar-refractivity contribution is 6.17. The molecule has 3 heteroatoms. The topological polar surface area (TPSA) is 0 Å². The van der Waals surface area contributed by atoms with Gasteiger partial charge in [-0.15, -0.1) is 11.6 Å². The van der Waals surface area contributed by atoms with Crippen LogP contribution in [0.15, 0.2) is 42.5 Å². The third-order valence-electron chi connectivity index (χ3n) is 2.37. The molecule has 0 fully saturated rings. The van der Waals surface area contributed by atoms with Crippen molar-refractivity contribution in [1.82, 2.24) is 0 Å². The van der Waals surface area contributed by atoms with Crippen molar-refractivity contribution in [2.75, 3.05) is 0 Å². The summed E-state index contributed by atoms with van der Waals surface area (Å²) in [5.74, 6) is -0.492. The van der Waals surface area contributed by atoms with E-state index >= 15 is 0 Å². The Bertz CT molecular complexity index is 492. The highest BCUT2D eigenvalue weighted by Gasteiger charge is 2.04. The first kappa shape index (κ1) is 11.1. The smallest absolute Gasteiger partial charge is 0.128 e. The molecule has 0 N–H and O–H groups in total. The van der Waals surface area contributed by atoms with Crippen LogP contribution in [-0.2, 0) is 5.88 Å². The Morgan fingerprint density at radius 3 is 2.06 bits per heavy atom. The summed E-state index contributed by atoms with van der Waals surface area (Å²) in [5.41, 5.74) is 1.96. The molecular weight excluding hydrogens is 230 g/mol. The minimum absolute atomic E-state index is 0.148. The van der Waals surface area contributed by atoms with Crippen LogP contribution >= 0.6 is 11.6 Å². The van der Waals surface area contributed by atoms with Crippen molar-refractivity contribution in [1.29, 1.82) is 0 Å². The second-order valence-corrected chi connectivity index (χ2v) is 3.71. The Balaban J connectivity index is 2.41. The van der Waals surface area contributed by atoms with Crippen molar-refractivity contribution in [3.63, 3.8) is 0 Å². The summed E-state index contributed by atoms with van der Waals surface area (Å²) in [7, 11) is 0. The first-order chi connectivity index (χ1) is 7.70. The third kappa shape index (κ3) is 2.22. The van der Waals surface area contributed by atoms with E-state index < -0.39 is 0 Å². The van der Waals surface area contributed by atoms with E-state index in [-0.39, 0.29) is 17.5 Å².